The molecule has 1 aromatic heterocycles. The van der Waals surface area contributed by atoms with E-state index in [9.17, 15) is 0 Å². The topological polar surface area (TPSA) is 30.2 Å². The molecule has 4 heteroatoms. The third kappa shape index (κ3) is 3.60. The summed E-state index contributed by atoms with van der Waals surface area (Å²) in [5.74, 6) is 0. The number of nitrogens with zero attached hydrogens (tertiary/aromatic N) is 3. The molecule has 0 bridgehead atoms. The summed E-state index contributed by atoms with van der Waals surface area (Å²) in [6.45, 7) is 8.34. The molecule has 2 heterocycles. The molecule has 0 amide bonds. The van der Waals surface area contributed by atoms with Gasteiger partial charge in [0, 0.05) is 30.1 Å². The van der Waals surface area contributed by atoms with Crippen LogP contribution in [0.5, 0.6) is 0 Å². The van der Waals surface area contributed by atoms with Crippen molar-refractivity contribution in [3.63, 3.8) is 0 Å². The fourth-order valence-electron chi connectivity index (χ4n) is 1.68. The average Bonchev–Trinajstić information content (AvgIpc) is 3.05. The van der Waals surface area contributed by atoms with Gasteiger partial charge in [0.2, 0.25) is 0 Å². The van der Waals surface area contributed by atoms with Gasteiger partial charge in [0.1, 0.15) is 0 Å². The maximum absolute atomic E-state index is 4.38. The number of allylic oxidation sites excluding steroid dienone is 3. The normalized spacial score (nSPS) is 19.1. The Balaban J connectivity index is 0.000000861. The van der Waals surface area contributed by atoms with Crippen LogP contribution in [0.15, 0.2) is 34.1 Å². The van der Waals surface area contributed by atoms with Crippen LogP contribution in [0.1, 0.15) is 39.8 Å². The quantitative estimate of drug-likeness (QED) is 0.807. The molecule has 0 saturated heterocycles. The van der Waals surface area contributed by atoms with Gasteiger partial charge in [0.25, 0.3) is 0 Å². The van der Waals surface area contributed by atoms with Gasteiger partial charge >= 0.3 is 0 Å². The number of aryl methyl sites for hydroxylation is 1. The SMILES string of the molecule is CC.CC/C(C)=C1/SC(c2cn(C)cn2)=CC1=NC. The summed E-state index contributed by atoms with van der Waals surface area (Å²) in [7, 11) is 3.83. The van der Waals surface area contributed by atoms with Crippen molar-refractivity contribution in [2.75, 3.05) is 7.05 Å². The summed E-state index contributed by atoms with van der Waals surface area (Å²) >= 11 is 1.78. The average molecular weight is 277 g/mol. The molecule has 0 atom stereocenters. The van der Waals surface area contributed by atoms with Crippen molar-refractivity contribution >= 4 is 22.4 Å². The molecule has 0 radical (unpaired) electrons. The van der Waals surface area contributed by atoms with Crippen molar-refractivity contribution in [1.82, 2.24) is 9.55 Å². The van der Waals surface area contributed by atoms with Gasteiger partial charge in [-0.15, -0.1) is 0 Å². The number of thioether (sulfide) groups is 1. The van der Waals surface area contributed by atoms with Gasteiger partial charge in [-0.2, -0.15) is 0 Å². The third-order valence-electron chi connectivity index (χ3n) is 2.83. The molecule has 0 N–H and O–H groups in total. The van der Waals surface area contributed by atoms with E-state index in [1.54, 1.807) is 11.8 Å². The lowest BCUT2D eigenvalue weighted by Crippen LogP contribution is -1.93. The fraction of sp³-hybridized carbons (Fsp3) is 0.467. The third-order valence-corrected chi connectivity index (χ3v) is 4.14. The van der Waals surface area contributed by atoms with E-state index in [1.807, 2.05) is 45.0 Å². The molecule has 1 aliphatic heterocycles. The summed E-state index contributed by atoms with van der Waals surface area (Å²) in [5, 5.41) is 0. The van der Waals surface area contributed by atoms with Crippen molar-refractivity contribution in [2.45, 2.75) is 34.1 Å². The predicted molar refractivity (Wildman–Crippen MR) is 86.5 cm³/mol. The minimum atomic E-state index is 1.03. The van der Waals surface area contributed by atoms with Crippen LogP contribution in [-0.4, -0.2) is 22.3 Å². The van der Waals surface area contributed by atoms with E-state index in [1.165, 1.54) is 15.4 Å². The Morgan fingerprint density at radius 3 is 2.58 bits per heavy atom. The Labute approximate surface area is 120 Å². The van der Waals surface area contributed by atoms with Crippen LogP contribution in [-0.2, 0) is 7.05 Å². The van der Waals surface area contributed by atoms with E-state index in [0.29, 0.717) is 0 Å². The maximum Gasteiger partial charge on any atom is 0.0951 e. The van der Waals surface area contributed by atoms with Crippen LogP contribution in [0, 0.1) is 0 Å². The van der Waals surface area contributed by atoms with E-state index in [2.05, 4.69) is 29.9 Å². The number of rotatable bonds is 2. The fourth-order valence-corrected chi connectivity index (χ4v) is 2.85. The zero-order valence-electron chi connectivity index (χ0n) is 12.7. The zero-order chi connectivity index (χ0) is 14.4. The van der Waals surface area contributed by atoms with Crippen LogP contribution in [0.2, 0.25) is 0 Å². The highest BCUT2D eigenvalue weighted by Gasteiger charge is 2.21. The second-order valence-corrected chi connectivity index (χ2v) is 5.16. The molecule has 19 heavy (non-hydrogen) atoms. The van der Waals surface area contributed by atoms with Crippen LogP contribution < -0.4 is 0 Å². The van der Waals surface area contributed by atoms with Crippen LogP contribution in [0.25, 0.3) is 4.91 Å². The van der Waals surface area contributed by atoms with E-state index < -0.39 is 0 Å². The smallest absolute Gasteiger partial charge is 0.0951 e. The summed E-state index contributed by atoms with van der Waals surface area (Å²) in [6.07, 6.45) is 7.05. The molecule has 1 aromatic rings. The Bertz CT molecular complexity index is 521. The van der Waals surface area contributed by atoms with Crippen molar-refractivity contribution in [3.8, 4) is 0 Å². The van der Waals surface area contributed by atoms with Crippen molar-refractivity contribution in [1.29, 1.82) is 0 Å². The minimum absolute atomic E-state index is 1.03. The molecule has 0 fully saturated rings. The van der Waals surface area contributed by atoms with E-state index in [0.717, 1.165) is 17.8 Å². The molecular weight excluding hydrogens is 254 g/mol. The van der Waals surface area contributed by atoms with Crippen LogP contribution in [0.4, 0.5) is 0 Å². The second-order valence-electron chi connectivity index (χ2n) is 4.11. The summed E-state index contributed by atoms with van der Waals surface area (Å²) < 4.78 is 1.97. The van der Waals surface area contributed by atoms with Crippen molar-refractivity contribution in [3.05, 3.63) is 34.8 Å². The molecule has 0 unspecified atom stereocenters. The number of imidazole rings is 1. The lowest BCUT2D eigenvalue weighted by Gasteiger charge is -2.03. The molecule has 104 valence electrons. The highest BCUT2D eigenvalue weighted by atomic mass is 32.2. The highest BCUT2D eigenvalue weighted by Crippen LogP contribution is 2.41. The zero-order valence-corrected chi connectivity index (χ0v) is 13.5. The van der Waals surface area contributed by atoms with Gasteiger partial charge in [-0.3, -0.25) is 4.99 Å². The molecule has 0 spiro atoms. The molecular formula is C15H23N3S. The first kappa shape index (κ1) is 15.8. The summed E-state index contributed by atoms with van der Waals surface area (Å²) in [5.41, 5.74) is 3.49. The maximum atomic E-state index is 4.38. The number of aromatic nitrogens is 2. The lowest BCUT2D eigenvalue weighted by atomic mass is 10.1. The Kier molecular flexibility index (Phi) is 6.09. The van der Waals surface area contributed by atoms with Crippen LogP contribution in [0.3, 0.4) is 0 Å². The molecule has 2 rings (SSSR count). The van der Waals surface area contributed by atoms with Gasteiger partial charge in [0.15, 0.2) is 0 Å². The Hall–Kier alpha value is -1.29. The standard InChI is InChI=1S/C13H17N3S.C2H6/c1-5-9(2)13-10(14-3)6-12(17-13)11-7-16(4)8-15-11;1-2/h6-8H,5H2,1-4H3;1-2H3/b13-9+,14-10?;. The minimum Gasteiger partial charge on any atom is -0.340 e. The summed E-state index contributed by atoms with van der Waals surface area (Å²) in [6, 6.07) is 0. The molecule has 0 saturated carbocycles. The molecule has 3 nitrogen and oxygen atoms in total. The van der Waals surface area contributed by atoms with Gasteiger partial charge in [-0.05, 0) is 19.4 Å². The monoisotopic (exact) mass is 277 g/mol. The highest BCUT2D eigenvalue weighted by molar-refractivity contribution is 8.13. The second kappa shape index (κ2) is 7.34. The van der Waals surface area contributed by atoms with Gasteiger partial charge in [-0.25, -0.2) is 4.98 Å². The Morgan fingerprint density at radius 1 is 1.42 bits per heavy atom. The summed E-state index contributed by atoms with van der Waals surface area (Å²) in [4.78, 5) is 11.2. The van der Waals surface area contributed by atoms with Gasteiger partial charge in [-0.1, -0.05) is 38.1 Å². The van der Waals surface area contributed by atoms with E-state index >= 15 is 0 Å². The predicted octanol–water partition coefficient (Wildman–Crippen LogP) is 4.29. The first-order chi connectivity index (χ1) is 9.15. The van der Waals surface area contributed by atoms with E-state index in [-0.39, 0.29) is 0 Å². The van der Waals surface area contributed by atoms with Gasteiger partial charge in [0.05, 0.1) is 17.7 Å². The Morgan fingerprint density at radius 2 is 2.11 bits per heavy atom. The van der Waals surface area contributed by atoms with Crippen molar-refractivity contribution in [2.24, 2.45) is 12.0 Å². The first-order valence-corrected chi connectivity index (χ1v) is 7.52. The van der Waals surface area contributed by atoms with Crippen LogP contribution >= 0.6 is 11.8 Å². The molecule has 1 aliphatic rings. The largest absolute Gasteiger partial charge is 0.340 e. The first-order valence-electron chi connectivity index (χ1n) is 6.70. The number of aliphatic imine (C=N–C) groups is 1. The number of hydrogen-bond acceptors (Lipinski definition) is 3. The van der Waals surface area contributed by atoms with E-state index in [4.69, 9.17) is 0 Å². The molecule has 0 aromatic carbocycles. The van der Waals surface area contributed by atoms with Gasteiger partial charge < -0.3 is 4.57 Å². The van der Waals surface area contributed by atoms with Crippen molar-refractivity contribution < 1.29 is 0 Å². The lowest BCUT2D eigenvalue weighted by molar-refractivity contribution is 0.913. The number of hydrogen-bond donors (Lipinski definition) is 0. The molecule has 0 aliphatic carbocycles.